The van der Waals surface area contributed by atoms with Crippen molar-refractivity contribution in [2.24, 2.45) is 5.92 Å². The number of nitrogens with zero attached hydrogens (tertiary/aromatic N) is 2. The van der Waals surface area contributed by atoms with E-state index in [1.54, 1.807) is 19.0 Å². The Morgan fingerprint density at radius 1 is 1.50 bits per heavy atom. The minimum absolute atomic E-state index is 0.0225. The van der Waals surface area contributed by atoms with E-state index in [4.69, 9.17) is 0 Å². The van der Waals surface area contributed by atoms with Crippen molar-refractivity contribution < 1.29 is 9.72 Å². The molecule has 2 rings (SSSR count). The summed E-state index contributed by atoms with van der Waals surface area (Å²) in [7, 11) is 3.38. The lowest BCUT2D eigenvalue weighted by Crippen LogP contribution is -2.34. The Kier molecular flexibility index (Phi) is 4.22. The fourth-order valence-electron chi connectivity index (χ4n) is 2.39. The normalized spacial score (nSPS) is 14.5. The summed E-state index contributed by atoms with van der Waals surface area (Å²) in [5, 5.41) is 13.6. The molecule has 6 heteroatoms. The van der Waals surface area contributed by atoms with E-state index in [0.717, 1.165) is 6.54 Å². The van der Waals surface area contributed by atoms with Crippen LogP contribution in [0.25, 0.3) is 0 Å². The highest BCUT2D eigenvalue weighted by Crippen LogP contribution is 2.28. The summed E-state index contributed by atoms with van der Waals surface area (Å²) in [6.45, 7) is 0.755. The summed E-state index contributed by atoms with van der Waals surface area (Å²) < 4.78 is 0. The zero-order valence-corrected chi connectivity index (χ0v) is 11.8. The number of nitrogens with one attached hydrogen (secondary N) is 1. The van der Waals surface area contributed by atoms with E-state index in [-0.39, 0.29) is 11.6 Å². The molecule has 1 N–H and O–H groups in total. The molecule has 0 saturated heterocycles. The molecule has 1 amide bonds. The second kappa shape index (κ2) is 5.90. The number of benzene rings is 1. The Morgan fingerprint density at radius 2 is 2.20 bits per heavy atom. The van der Waals surface area contributed by atoms with Gasteiger partial charge in [0.25, 0.3) is 11.6 Å². The SMILES string of the molecule is CNc1cc(C(=O)N(C)CC2CCC2)ccc1[N+](=O)[O-]. The minimum Gasteiger partial charge on any atom is -0.383 e. The van der Waals surface area contributed by atoms with E-state index in [1.807, 2.05) is 0 Å². The standard InChI is InChI=1S/C14H19N3O3/c1-15-12-8-11(6-7-13(12)17(19)20)14(18)16(2)9-10-4-3-5-10/h6-8,10,15H,3-5,9H2,1-2H3. The van der Waals surface area contributed by atoms with Crippen LogP contribution in [-0.2, 0) is 0 Å². The molecule has 1 saturated carbocycles. The number of rotatable bonds is 5. The van der Waals surface area contributed by atoms with Gasteiger partial charge in [-0.2, -0.15) is 0 Å². The lowest BCUT2D eigenvalue weighted by atomic mass is 9.85. The number of amides is 1. The van der Waals surface area contributed by atoms with Crippen LogP contribution in [0.15, 0.2) is 18.2 Å². The fourth-order valence-corrected chi connectivity index (χ4v) is 2.39. The van der Waals surface area contributed by atoms with E-state index >= 15 is 0 Å². The van der Waals surface area contributed by atoms with Gasteiger partial charge in [0.2, 0.25) is 0 Å². The van der Waals surface area contributed by atoms with Crippen molar-refractivity contribution in [3.8, 4) is 0 Å². The molecule has 1 fully saturated rings. The summed E-state index contributed by atoms with van der Waals surface area (Å²) in [5.41, 5.74) is 0.811. The molecule has 0 aromatic heterocycles. The van der Waals surface area contributed by atoms with Gasteiger partial charge in [-0.15, -0.1) is 0 Å². The molecule has 6 nitrogen and oxygen atoms in total. The molecular weight excluding hydrogens is 258 g/mol. The van der Waals surface area contributed by atoms with Crippen molar-refractivity contribution in [3.05, 3.63) is 33.9 Å². The van der Waals surface area contributed by atoms with Crippen molar-refractivity contribution in [1.29, 1.82) is 0 Å². The van der Waals surface area contributed by atoms with Gasteiger partial charge in [0.05, 0.1) is 4.92 Å². The van der Waals surface area contributed by atoms with Gasteiger partial charge in [-0.05, 0) is 30.9 Å². The van der Waals surface area contributed by atoms with Gasteiger partial charge in [0, 0.05) is 32.3 Å². The van der Waals surface area contributed by atoms with Gasteiger partial charge in [0.1, 0.15) is 5.69 Å². The minimum atomic E-state index is -0.460. The van der Waals surface area contributed by atoms with Crippen LogP contribution in [-0.4, -0.2) is 36.4 Å². The maximum Gasteiger partial charge on any atom is 0.292 e. The van der Waals surface area contributed by atoms with Crippen molar-refractivity contribution in [2.75, 3.05) is 26.0 Å². The van der Waals surface area contributed by atoms with Crippen molar-refractivity contribution >= 4 is 17.3 Å². The number of hydrogen-bond donors (Lipinski definition) is 1. The monoisotopic (exact) mass is 277 g/mol. The molecule has 0 bridgehead atoms. The van der Waals surface area contributed by atoms with Crippen LogP contribution in [0.2, 0.25) is 0 Å². The largest absolute Gasteiger partial charge is 0.383 e. The van der Waals surface area contributed by atoms with Crippen molar-refractivity contribution in [1.82, 2.24) is 4.90 Å². The topological polar surface area (TPSA) is 75.5 Å². The van der Waals surface area contributed by atoms with Crippen LogP contribution in [0.3, 0.4) is 0 Å². The molecule has 0 atom stereocenters. The Morgan fingerprint density at radius 3 is 2.70 bits per heavy atom. The van der Waals surface area contributed by atoms with Gasteiger partial charge in [-0.3, -0.25) is 14.9 Å². The average molecular weight is 277 g/mol. The number of hydrogen-bond acceptors (Lipinski definition) is 4. The summed E-state index contributed by atoms with van der Waals surface area (Å²) in [5.74, 6) is 0.508. The second-order valence-corrected chi connectivity index (χ2v) is 5.22. The molecular formula is C14H19N3O3. The lowest BCUT2D eigenvalue weighted by molar-refractivity contribution is -0.383. The third-order valence-electron chi connectivity index (χ3n) is 3.81. The Hall–Kier alpha value is -2.11. The van der Waals surface area contributed by atoms with E-state index < -0.39 is 4.92 Å². The van der Waals surface area contributed by atoms with E-state index in [1.165, 1.54) is 37.5 Å². The van der Waals surface area contributed by atoms with E-state index in [9.17, 15) is 14.9 Å². The van der Waals surface area contributed by atoms with Crippen molar-refractivity contribution in [3.63, 3.8) is 0 Å². The second-order valence-electron chi connectivity index (χ2n) is 5.22. The molecule has 1 aliphatic rings. The predicted molar refractivity (Wildman–Crippen MR) is 76.9 cm³/mol. The molecule has 1 aromatic rings. The summed E-state index contributed by atoms with van der Waals surface area (Å²) >= 11 is 0. The van der Waals surface area contributed by atoms with Gasteiger partial charge in [-0.1, -0.05) is 6.42 Å². The third-order valence-corrected chi connectivity index (χ3v) is 3.81. The van der Waals surface area contributed by atoms with Crippen LogP contribution in [0.4, 0.5) is 11.4 Å². The van der Waals surface area contributed by atoms with E-state index in [0.29, 0.717) is 17.2 Å². The first kappa shape index (κ1) is 14.3. The summed E-state index contributed by atoms with van der Waals surface area (Å²) in [6, 6.07) is 4.42. The van der Waals surface area contributed by atoms with Crippen LogP contribution in [0.1, 0.15) is 29.6 Å². The fraction of sp³-hybridized carbons (Fsp3) is 0.500. The molecule has 0 radical (unpaired) electrons. The zero-order valence-electron chi connectivity index (χ0n) is 11.8. The third kappa shape index (κ3) is 2.89. The van der Waals surface area contributed by atoms with Gasteiger partial charge < -0.3 is 10.2 Å². The molecule has 20 heavy (non-hydrogen) atoms. The maximum atomic E-state index is 12.3. The molecule has 108 valence electrons. The molecule has 1 aromatic carbocycles. The van der Waals surface area contributed by atoms with Gasteiger partial charge in [0.15, 0.2) is 0 Å². The number of carbonyl (C=O) groups is 1. The van der Waals surface area contributed by atoms with Gasteiger partial charge >= 0.3 is 0 Å². The molecule has 0 aliphatic heterocycles. The number of carbonyl (C=O) groups excluding carboxylic acids is 1. The Balaban J connectivity index is 2.14. The summed E-state index contributed by atoms with van der Waals surface area (Å²) in [6.07, 6.45) is 3.60. The highest BCUT2D eigenvalue weighted by atomic mass is 16.6. The quantitative estimate of drug-likeness (QED) is 0.662. The first-order chi connectivity index (χ1) is 9.52. The zero-order chi connectivity index (χ0) is 14.7. The summed E-state index contributed by atoms with van der Waals surface area (Å²) in [4.78, 5) is 24.4. The maximum absolute atomic E-state index is 12.3. The predicted octanol–water partition coefficient (Wildman–Crippen LogP) is 2.51. The number of anilines is 1. The first-order valence-electron chi connectivity index (χ1n) is 6.74. The van der Waals surface area contributed by atoms with Crippen LogP contribution in [0, 0.1) is 16.0 Å². The Labute approximate surface area is 117 Å². The van der Waals surface area contributed by atoms with Crippen LogP contribution in [0.5, 0.6) is 0 Å². The van der Waals surface area contributed by atoms with Crippen LogP contribution >= 0.6 is 0 Å². The van der Waals surface area contributed by atoms with Crippen LogP contribution < -0.4 is 5.32 Å². The lowest BCUT2D eigenvalue weighted by Gasteiger charge is -2.30. The van der Waals surface area contributed by atoms with E-state index in [2.05, 4.69) is 5.32 Å². The highest BCUT2D eigenvalue weighted by molar-refractivity contribution is 5.95. The molecule has 0 spiro atoms. The number of nitro groups is 1. The molecule has 0 unspecified atom stereocenters. The highest BCUT2D eigenvalue weighted by Gasteiger charge is 2.23. The molecule has 1 aliphatic carbocycles. The average Bonchev–Trinajstić information content (AvgIpc) is 2.40. The Bertz CT molecular complexity index is 526. The van der Waals surface area contributed by atoms with Crippen molar-refractivity contribution in [2.45, 2.75) is 19.3 Å². The molecule has 0 heterocycles. The first-order valence-corrected chi connectivity index (χ1v) is 6.74. The van der Waals surface area contributed by atoms with Gasteiger partial charge in [-0.25, -0.2) is 0 Å². The smallest absolute Gasteiger partial charge is 0.292 e. The number of nitro benzene ring substituents is 1.